The minimum absolute atomic E-state index is 0.188. The summed E-state index contributed by atoms with van der Waals surface area (Å²) in [7, 11) is 0. The highest BCUT2D eigenvalue weighted by Crippen LogP contribution is 2.13. The van der Waals surface area contributed by atoms with Crippen LogP contribution in [0.1, 0.15) is 22.8 Å². The molecule has 6 heteroatoms. The molecule has 0 radical (unpaired) electrons. The van der Waals surface area contributed by atoms with Crippen LogP contribution in [0.25, 0.3) is 0 Å². The van der Waals surface area contributed by atoms with Crippen LogP contribution in [0.4, 0.5) is 0 Å². The summed E-state index contributed by atoms with van der Waals surface area (Å²) in [5.41, 5.74) is 1.10. The van der Waals surface area contributed by atoms with Crippen molar-refractivity contribution in [3.05, 3.63) is 65.7 Å². The Balaban J connectivity index is 2.05. The van der Waals surface area contributed by atoms with Gasteiger partial charge in [-0.25, -0.2) is 4.79 Å². The summed E-state index contributed by atoms with van der Waals surface area (Å²) in [5, 5.41) is 11.8. The maximum absolute atomic E-state index is 12.2. The van der Waals surface area contributed by atoms with Gasteiger partial charge in [0.15, 0.2) is 0 Å². The van der Waals surface area contributed by atoms with Gasteiger partial charge in [-0.1, -0.05) is 30.3 Å². The second kappa shape index (κ2) is 7.92. The van der Waals surface area contributed by atoms with Crippen molar-refractivity contribution in [3.63, 3.8) is 0 Å². The number of carboxylic acids is 1. The smallest absolute Gasteiger partial charge is 0.326 e. The summed E-state index contributed by atoms with van der Waals surface area (Å²) in [4.78, 5) is 34.4. The van der Waals surface area contributed by atoms with E-state index in [2.05, 4.69) is 5.32 Å². The van der Waals surface area contributed by atoms with Crippen LogP contribution in [-0.4, -0.2) is 29.0 Å². The third kappa shape index (κ3) is 4.95. The highest BCUT2D eigenvalue weighted by molar-refractivity contribution is 5.96. The second-order valence-corrected chi connectivity index (χ2v) is 5.17. The Morgan fingerprint density at radius 2 is 1.67 bits per heavy atom. The summed E-state index contributed by atoms with van der Waals surface area (Å²) in [6.07, 6.45) is 0.188. The van der Waals surface area contributed by atoms with Gasteiger partial charge in [-0.05, 0) is 29.8 Å². The average Bonchev–Trinajstić information content (AvgIpc) is 2.55. The number of aliphatic carboxylic acids is 1. The van der Waals surface area contributed by atoms with Crippen LogP contribution in [0, 0.1) is 0 Å². The number of rotatable bonds is 6. The lowest BCUT2D eigenvalue weighted by Gasteiger charge is -2.15. The fourth-order valence-electron chi connectivity index (χ4n) is 2.13. The monoisotopic (exact) mass is 327 g/mol. The number of ether oxygens (including phenoxy) is 1. The van der Waals surface area contributed by atoms with Gasteiger partial charge in [0.25, 0.3) is 5.91 Å². The lowest BCUT2D eigenvalue weighted by Crippen LogP contribution is -2.42. The van der Waals surface area contributed by atoms with Crippen molar-refractivity contribution in [2.24, 2.45) is 0 Å². The van der Waals surface area contributed by atoms with Gasteiger partial charge in [-0.15, -0.1) is 0 Å². The summed E-state index contributed by atoms with van der Waals surface area (Å²) >= 11 is 0. The summed E-state index contributed by atoms with van der Waals surface area (Å²) in [6.45, 7) is 1.28. The van der Waals surface area contributed by atoms with Gasteiger partial charge in [0.2, 0.25) is 0 Å². The van der Waals surface area contributed by atoms with Crippen LogP contribution in [0.2, 0.25) is 0 Å². The van der Waals surface area contributed by atoms with Crippen molar-refractivity contribution < 1.29 is 24.2 Å². The average molecular weight is 327 g/mol. The van der Waals surface area contributed by atoms with E-state index in [1.54, 1.807) is 12.1 Å². The standard InChI is InChI=1S/C18H17NO5/c1-12(20)24-15-9-7-14(8-10-15)17(21)19-16(18(22)23)11-13-5-3-2-4-6-13/h2-10,16H,11H2,1H3,(H,19,21)(H,22,23)/t16-/m0/s1. The minimum Gasteiger partial charge on any atom is -0.480 e. The number of nitrogens with one attached hydrogen (secondary N) is 1. The normalized spacial score (nSPS) is 11.4. The molecular formula is C18H17NO5. The third-order valence-corrected chi connectivity index (χ3v) is 3.26. The molecule has 2 aromatic carbocycles. The molecule has 2 aromatic rings. The molecule has 0 unspecified atom stereocenters. The molecule has 2 N–H and O–H groups in total. The van der Waals surface area contributed by atoms with Gasteiger partial charge in [-0.2, -0.15) is 0 Å². The SMILES string of the molecule is CC(=O)Oc1ccc(C(=O)N[C@@H](Cc2ccccc2)C(=O)O)cc1. The maximum atomic E-state index is 12.2. The molecule has 0 heterocycles. The zero-order chi connectivity index (χ0) is 17.5. The second-order valence-electron chi connectivity index (χ2n) is 5.17. The fraction of sp³-hybridized carbons (Fsp3) is 0.167. The number of hydrogen-bond donors (Lipinski definition) is 2. The van der Waals surface area contributed by atoms with Gasteiger partial charge in [-0.3, -0.25) is 9.59 Å². The van der Waals surface area contributed by atoms with Crippen molar-refractivity contribution in [2.45, 2.75) is 19.4 Å². The molecule has 6 nitrogen and oxygen atoms in total. The van der Waals surface area contributed by atoms with E-state index in [1.807, 2.05) is 18.2 Å². The molecule has 0 aliphatic heterocycles. The molecule has 0 aliphatic rings. The first-order valence-corrected chi connectivity index (χ1v) is 7.32. The predicted molar refractivity (Wildman–Crippen MR) is 86.8 cm³/mol. The number of carbonyl (C=O) groups excluding carboxylic acids is 2. The van der Waals surface area contributed by atoms with Gasteiger partial charge < -0.3 is 15.2 Å². The zero-order valence-electron chi connectivity index (χ0n) is 13.1. The van der Waals surface area contributed by atoms with E-state index < -0.39 is 23.9 Å². The molecule has 0 spiro atoms. The molecule has 24 heavy (non-hydrogen) atoms. The van der Waals surface area contributed by atoms with Gasteiger partial charge in [0.05, 0.1) is 0 Å². The number of hydrogen-bond acceptors (Lipinski definition) is 4. The van der Waals surface area contributed by atoms with Crippen molar-refractivity contribution in [3.8, 4) is 5.75 Å². The largest absolute Gasteiger partial charge is 0.480 e. The van der Waals surface area contributed by atoms with E-state index in [1.165, 1.54) is 31.2 Å². The van der Waals surface area contributed by atoms with Crippen LogP contribution in [0.3, 0.4) is 0 Å². The van der Waals surface area contributed by atoms with Crippen LogP contribution < -0.4 is 10.1 Å². The molecule has 0 saturated heterocycles. The van der Waals surface area contributed by atoms with E-state index in [0.29, 0.717) is 5.75 Å². The number of carbonyl (C=O) groups is 3. The molecule has 0 aliphatic carbocycles. The molecular weight excluding hydrogens is 310 g/mol. The highest BCUT2D eigenvalue weighted by Gasteiger charge is 2.21. The van der Waals surface area contributed by atoms with E-state index in [0.717, 1.165) is 5.56 Å². The number of benzene rings is 2. The molecule has 0 saturated carbocycles. The Bertz CT molecular complexity index is 725. The molecule has 0 aromatic heterocycles. The Morgan fingerprint density at radius 3 is 2.21 bits per heavy atom. The van der Waals surface area contributed by atoms with E-state index in [9.17, 15) is 19.5 Å². The van der Waals surface area contributed by atoms with Crippen LogP contribution in [0.5, 0.6) is 5.75 Å². The van der Waals surface area contributed by atoms with Crippen molar-refractivity contribution in [1.82, 2.24) is 5.32 Å². The van der Waals surface area contributed by atoms with Crippen molar-refractivity contribution in [2.75, 3.05) is 0 Å². The predicted octanol–water partition coefficient (Wildman–Crippen LogP) is 2.04. The Hall–Kier alpha value is -3.15. The zero-order valence-corrected chi connectivity index (χ0v) is 13.1. The fourth-order valence-corrected chi connectivity index (χ4v) is 2.13. The Morgan fingerprint density at radius 1 is 1.04 bits per heavy atom. The highest BCUT2D eigenvalue weighted by atomic mass is 16.5. The Kier molecular flexibility index (Phi) is 5.68. The first-order valence-electron chi connectivity index (χ1n) is 7.32. The minimum atomic E-state index is -1.11. The Labute approximate surface area is 139 Å². The molecule has 1 amide bonds. The van der Waals surface area contributed by atoms with E-state index >= 15 is 0 Å². The summed E-state index contributed by atoms with van der Waals surface area (Å²) < 4.78 is 4.88. The van der Waals surface area contributed by atoms with Crippen LogP contribution in [-0.2, 0) is 16.0 Å². The molecule has 0 fully saturated rings. The van der Waals surface area contributed by atoms with Gasteiger partial charge in [0.1, 0.15) is 11.8 Å². The molecule has 2 rings (SSSR count). The quantitative estimate of drug-likeness (QED) is 0.625. The van der Waals surface area contributed by atoms with E-state index in [4.69, 9.17) is 4.74 Å². The van der Waals surface area contributed by atoms with Gasteiger partial charge >= 0.3 is 11.9 Å². The number of carboxylic acid groups (broad SMARTS) is 1. The van der Waals surface area contributed by atoms with Gasteiger partial charge in [0, 0.05) is 18.9 Å². The summed E-state index contributed by atoms with van der Waals surface area (Å²) in [6, 6.07) is 13.9. The van der Waals surface area contributed by atoms with Crippen LogP contribution >= 0.6 is 0 Å². The lowest BCUT2D eigenvalue weighted by molar-refractivity contribution is -0.139. The van der Waals surface area contributed by atoms with Crippen molar-refractivity contribution in [1.29, 1.82) is 0 Å². The lowest BCUT2D eigenvalue weighted by atomic mass is 10.1. The first kappa shape index (κ1) is 17.2. The molecule has 1 atom stereocenters. The summed E-state index contributed by atoms with van der Waals surface area (Å²) in [5.74, 6) is -1.75. The molecule has 124 valence electrons. The molecule has 0 bridgehead atoms. The maximum Gasteiger partial charge on any atom is 0.326 e. The van der Waals surface area contributed by atoms with Crippen LogP contribution in [0.15, 0.2) is 54.6 Å². The third-order valence-electron chi connectivity index (χ3n) is 3.26. The number of esters is 1. The first-order chi connectivity index (χ1) is 11.5. The number of amides is 1. The van der Waals surface area contributed by atoms with Crippen molar-refractivity contribution >= 4 is 17.8 Å². The van der Waals surface area contributed by atoms with E-state index in [-0.39, 0.29) is 12.0 Å². The topological polar surface area (TPSA) is 92.7 Å².